The molecule has 1 heteroatoms. The van der Waals surface area contributed by atoms with E-state index < -0.39 is 0 Å². The Labute approximate surface area is 86.6 Å². The summed E-state index contributed by atoms with van der Waals surface area (Å²) in [6, 6.07) is 2.39. The molecule has 14 heavy (non-hydrogen) atoms. The SMILES string of the molecule is Cc1nc2c(cc1C(C)C)CCCC2. The molecule has 0 N–H and O–H groups in total. The van der Waals surface area contributed by atoms with E-state index in [1.165, 1.54) is 48.2 Å². The van der Waals surface area contributed by atoms with E-state index >= 15 is 0 Å². The molecule has 76 valence electrons. The molecule has 0 amide bonds. The molecule has 1 aromatic heterocycles. The average molecular weight is 189 g/mol. The lowest BCUT2D eigenvalue weighted by Gasteiger charge is -2.18. The van der Waals surface area contributed by atoms with E-state index in [1.54, 1.807) is 0 Å². The van der Waals surface area contributed by atoms with E-state index in [0.717, 1.165) is 0 Å². The van der Waals surface area contributed by atoms with E-state index in [-0.39, 0.29) is 0 Å². The maximum Gasteiger partial charge on any atom is 0.0438 e. The van der Waals surface area contributed by atoms with Crippen LogP contribution in [0, 0.1) is 6.92 Å². The maximum absolute atomic E-state index is 4.73. The van der Waals surface area contributed by atoms with Crippen molar-refractivity contribution in [3.8, 4) is 0 Å². The zero-order valence-corrected chi connectivity index (χ0v) is 9.43. The molecule has 0 aliphatic heterocycles. The highest BCUT2D eigenvalue weighted by atomic mass is 14.7. The Kier molecular flexibility index (Phi) is 2.58. The normalized spacial score (nSPS) is 15.7. The molecule has 1 nitrogen and oxygen atoms in total. The van der Waals surface area contributed by atoms with Gasteiger partial charge < -0.3 is 0 Å². The molecule has 0 aromatic carbocycles. The molecule has 0 saturated carbocycles. The van der Waals surface area contributed by atoms with Gasteiger partial charge in [0.1, 0.15) is 0 Å². The molecule has 0 bridgehead atoms. The first-order chi connectivity index (χ1) is 6.68. The van der Waals surface area contributed by atoms with Gasteiger partial charge >= 0.3 is 0 Å². The van der Waals surface area contributed by atoms with E-state index in [0.29, 0.717) is 5.92 Å². The van der Waals surface area contributed by atoms with Crippen molar-refractivity contribution in [3.63, 3.8) is 0 Å². The molecule has 1 aliphatic carbocycles. The smallest absolute Gasteiger partial charge is 0.0438 e. The quantitative estimate of drug-likeness (QED) is 0.660. The number of fused-ring (bicyclic) bond motifs is 1. The molecule has 1 aliphatic rings. The van der Waals surface area contributed by atoms with E-state index in [2.05, 4.69) is 26.8 Å². The maximum atomic E-state index is 4.73. The third-order valence-corrected chi connectivity index (χ3v) is 3.15. The summed E-state index contributed by atoms with van der Waals surface area (Å²) in [6.45, 7) is 6.64. The highest BCUT2D eigenvalue weighted by molar-refractivity contribution is 5.33. The standard InChI is InChI=1S/C13H19N/c1-9(2)12-8-11-6-4-5-7-13(11)14-10(12)3/h8-9H,4-7H2,1-3H3. The second kappa shape index (κ2) is 3.72. The zero-order valence-electron chi connectivity index (χ0n) is 9.43. The van der Waals surface area contributed by atoms with Gasteiger partial charge in [0, 0.05) is 11.4 Å². The first kappa shape index (κ1) is 9.70. The number of hydrogen-bond donors (Lipinski definition) is 0. The summed E-state index contributed by atoms with van der Waals surface area (Å²) < 4.78 is 0. The molecular formula is C13H19N. The second-order valence-electron chi connectivity index (χ2n) is 4.63. The zero-order chi connectivity index (χ0) is 10.1. The topological polar surface area (TPSA) is 12.9 Å². The van der Waals surface area contributed by atoms with Crippen LogP contribution >= 0.6 is 0 Å². The van der Waals surface area contributed by atoms with Gasteiger partial charge in [0.2, 0.25) is 0 Å². The summed E-state index contributed by atoms with van der Waals surface area (Å²) >= 11 is 0. The fourth-order valence-electron chi connectivity index (χ4n) is 2.34. The number of aromatic nitrogens is 1. The van der Waals surface area contributed by atoms with Crippen molar-refractivity contribution in [2.75, 3.05) is 0 Å². The molecule has 0 fully saturated rings. The van der Waals surface area contributed by atoms with Crippen LogP contribution in [0.4, 0.5) is 0 Å². The van der Waals surface area contributed by atoms with Gasteiger partial charge in [-0.05, 0) is 49.7 Å². The van der Waals surface area contributed by atoms with Crippen LogP contribution in [0.3, 0.4) is 0 Å². The van der Waals surface area contributed by atoms with E-state index in [4.69, 9.17) is 4.98 Å². The third kappa shape index (κ3) is 1.68. The van der Waals surface area contributed by atoms with Crippen LogP contribution in [-0.2, 0) is 12.8 Å². The lowest BCUT2D eigenvalue weighted by molar-refractivity contribution is 0.659. The van der Waals surface area contributed by atoms with Gasteiger partial charge in [-0.3, -0.25) is 4.98 Å². The first-order valence-electron chi connectivity index (χ1n) is 5.68. The average Bonchev–Trinajstić information content (AvgIpc) is 2.16. The van der Waals surface area contributed by atoms with Gasteiger partial charge in [-0.25, -0.2) is 0 Å². The predicted octanol–water partition coefficient (Wildman–Crippen LogP) is 3.39. The van der Waals surface area contributed by atoms with Crippen molar-refractivity contribution in [3.05, 3.63) is 28.6 Å². The van der Waals surface area contributed by atoms with E-state index in [9.17, 15) is 0 Å². The van der Waals surface area contributed by atoms with Crippen LogP contribution in [0.1, 0.15) is 55.1 Å². The van der Waals surface area contributed by atoms with Gasteiger partial charge in [0.15, 0.2) is 0 Å². The summed E-state index contributed by atoms with van der Waals surface area (Å²) in [5.41, 5.74) is 5.54. The Bertz CT molecular complexity index is 339. The highest BCUT2D eigenvalue weighted by Crippen LogP contribution is 2.25. The number of nitrogens with zero attached hydrogens (tertiary/aromatic N) is 1. The van der Waals surface area contributed by atoms with Gasteiger partial charge in [-0.1, -0.05) is 19.9 Å². The summed E-state index contributed by atoms with van der Waals surface area (Å²) in [5.74, 6) is 0.606. The largest absolute Gasteiger partial charge is 0.258 e. The van der Waals surface area contributed by atoms with Crippen LogP contribution < -0.4 is 0 Å². The minimum absolute atomic E-state index is 0.606. The van der Waals surface area contributed by atoms with Crippen molar-refractivity contribution < 1.29 is 0 Å². The summed E-state index contributed by atoms with van der Waals surface area (Å²) in [6.07, 6.45) is 5.09. The Morgan fingerprint density at radius 1 is 1.21 bits per heavy atom. The Balaban J connectivity index is 2.45. The fraction of sp³-hybridized carbons (Fsp3) is 0.615. The molecule has 0 unspecified atom stereocenters. The Morgan fingerprint density at radius 3 is 2.64 bits per heavy atom. The summed E-state index contributed by atoms with van der Waals surface area (Å²) in [5, 5.41) is 0. The van der Waals surface area contributed by atoms with Crippen LogP contribution in [0.5, 0.6) is 0 Å². The molecule has 1 heterocycles. The van der Waals surface area contributed by atoms with Crippen LogP contribution in [0.25, 0.3) is 0 Å². The lowest BCUT2D eigenvalue weighted by atomic mass is 9.91. The number of pyridine rings is 1. The van der Waals surface area contributed by atoms with Gasteiger partial charge in [0.25, 0.3) is 0 Å². The Morgan fingerprint density at radius 2 is 1.93 bits per heavy atom. The van der Waals surface area contributed by atoms with Crippen LogP contribution in [-0.4, -0.2) is 4.98 Å². The van der Waals surface area contributed by atoms with Gasteiger partial charge in [-0.15, -0.1) is 0 Å². The van der Waals surface area contributed by atoms with Crippen molar-refractivity contribution in [1.29, 1.82) is 0 Å². The molecule has 0 radical (unpaired) electrons. The van der Waals surface area contributed by atoms with Crippen molar-refractivity contribution >= 4 is 0 Å². The first-order valence-corrected chi connectivity index (χ1v) is 5.68. The fourth-order valence-corrected chi connectivity index (χ4v) is 2.34. The minimum atomic E-state index is 0.606. The van der Waals surface area contributed by atoms with E-state index in [1.807, 2.05) is 0 Å². The predicted molar refractivity (Wildman–Crippen MR) is 59.7 cm³/mol. The Hall–Kier alpha value is -0.850. The third-order valence-electron chi connectivity index (χ3n) is 3.15. The van der Waals surface area contributed by atoms with Crippen molar-refractivity contribution in [2.45, 2.75) is 52.4 Å². The lowest BCUT2D eigenvalue weighted by Crippen LogP contribution is -2.09. The van der Waals surface area contributed by atoms with Crippen LogP contribution in [0.15, 0.2) is 6.07 Å². The van der Waals surface area contributed by atoms with Gasteiger partial charge in [0.05, 0.1) is 0 Å². The molecular weight excluding hydrogens is 170 g/mol. The minimum Gasteiger partial charge on any atom is -0.258 e. The monoisotopic (exact) mass is 189 g/mol. The molecule has 0 spiro atoms. The number of aryl methyl sites for hydroxylation is 3. The van der Waals surface area contributed by atoms with Gasteiger partial charge in [-0.2, -0.15) is 0 Å². The number of hydrogen-bond acceptors (Lipinski definition) is 1. The van der Waals surface area contributed by atoms with Crippen molar-refractivity contribution in [1.82, 2.24) is 4.98 Å². The molecule has 0 saturated heterocycles. The second-order valence-corrected chi connectivity index (χ2v) is 4.63. The summed E-state index contributed by atoms with van der Waals surface area (Å²) in [7, 11) is 0. The number of rotatable bonds is 1. The molecule has 1 aromatic rings. The highest BCUT2D eigenvalue weighted by Gasteiger charge is 2.14. The molecule has 2 rings (SSSR count). The van der Waals surface area contributed by atoms with Crippen molar-refractivity contribution in [2.24, 2.45) is 0 Å². The summed E-state index contributed by atoms with van der Waals surface area (Å²) in [4.78, 5) is 4.73. The molecule has 0 atom stereocenters. The van der Waals surface area contributed by atoms with Crippen LogP contribution in [0.2, 0.25) is 0 Å².